The van der Waals surface area contributed by atoms with Crippen molar-refractivity contribution in [3.63, 3.8) is 0 Å². The molecule has 1 amide bonds. The van der Waals surface area contributed by atoms with Crippen LogP contribution in [0.15, 0.2) is 18.2 Å². The molecule has 1 aromatic carbocycles. The summed E-state index contributed by atoms with van der Waals surface area (Å²) in [5, 5.41) is 12.3. The van der Waals surface area contributed by atoms with E-state index in [0.29, 0.717) is 12.1 Å². The Bertz CT molecular complexity index is 391. The molecule has 0 fully saturated rings. The number of benzene rings is 1. The number of phenolic OH excluding ortho intramolecular Hbond substituents is 1. The summed E-state index contributed by atoms with van der Waals surface area (Å²) in [6.45, 7) is 6.26. The van der Waals surface area contributed by atoms with E-state index in [1.165, 1.54) is 6.07 Å². The highest BCUT2D eigenvalue weighted by atomic mass is 16.3. The van der Waals surface area contributed by atoms with Crippen molar-refractivity contribution in [2.24, 2.45) is 0 Å². The molecule has 0 spiro atoms. The maximum Gasteiger partial charge on any atom is 0.251 e. The van der Waals surface area contributed by atoms with Gasteiger partial charge in [0, 0.05) is 18.7 Å². The Morgan fingerprint density at radius 1 is 1.47 bits per heavy atom. The Kier molecular flexibility index (Phi) is 4.97. The quantitative estimate of drug-likeness (QED) is 0.812. The van der Waals surface area contributed by atoms with Gasteiger partial charge in [-0.1, -0.05) is 13.0 Å². The van der Waals surface area contributed by atoms with Gasteiger partial charge in [0.1, 0.15) is 5.75 Å². The average molecular weight is 236 g/mol. The van der Waals surface area contributed by atoms with Crippen molar-refractivity contribution in [1.82, 2.24) is 10.2 Å². The third kappa shape index (κ3) is 4.07. The molecule has 94 valence electrons. The molecule has 0 saturated carbocycles. The minimum absolute atomic E-state index is 0.148. The third-order valence-electron chi connectivity index (χ3n) is 2.79. The summed E-state index contributed by atoms with van der Waals surface area (Å²) in [5.41, 5.74) is 1.26. The van der Waals surface area contributed by atoms with Crippen molar-refractivity contribution in [3.8, 4) is 5.75 Å². The Hall–Kier alpha value is -1.55. The van der Waals surface area contributed by atoms with Crippen LogP contribution >= 0.6 is 0 Å². The van der Waals surface area contributed by atoms with E-state index in [0.717, 1.165) is 18.7 Å². The summed E-state index contributed by atoms with van der Waals surface area (Å²) >= 11 is 0. The first-order chi connectivity index (χ1) is 8.04. The van der Waals surface area contributed by atoms with Crippen LogP contribution in [0.2, 0.25) is 0 Å². The average Bonchev–Trinajstić information content (AvgIpc) is 2.32. The van der Waals surface area contributed by atoms with Crippen molar-refractivity contribution in [2.45, 2.75) is 13.8 Å². The fraction of sp³-hybridized carbons (Fsp3) is 0.462. The molecule has 0 aliphatic carbocycles. The molecule has 2 N–H and O–H groups in total. The van der Waals surface area contributed by atoms with Crippen LogP contribution in [0.1, 0.15) is 22.8 Å². The van der Waals surface area contributed by atoms with Gasteiger partial charge in [-0.3, -0.25) is 4.79 Å². The minimum atomic E-state index is -0.148. The standard InChI is InChI=1S/C13H20N2O2/c1-4-15(3)8-7-14-13(17)11-6-5-10(2)12(16)9-11/h5-6,9,16H,4,7-8H2,1-3H3,(H,14,17). The second-order valence-electron chi connectivity index (χ2n) is 4.15. The molecule has 0 unspecified atom stereocenters. The topological polar surface area (TPSA) is 52.6 Å². The number of rotatable bonds is 5. The van der Waals surface area contributed by atoms with Crippen molar-refractivity contribution < 1.29 is 9.90 Å². The zero-order valence-corrected chi connectivity index (χ0v) is 10.7. The molecule has 0 saturated heterocycles. The first-order valence-corrected chi connectivity index (χ1v) is 5.81. The van der Waals surface area contributed by atoms with Gasteiger partial charge in [0.2, 0.25) is 0 Å². The van der Waals surface area contributed by atoms with Gasteiger partial charge in [0.25, 0.3) is 5.91 Å². The lowest BCUT2D eigenvalue weighted by atomic mass is 10.1. The molecule has 4 nitrogen and oxygen atoms in total. The molecular formula is C13H20N2O2. The summed E-state index contributed by atoms with van der Waals surface area (Å²) in [6.07, 6.45) is 0. The van der Waals surface area contributed by atoms with Crippen LogP contribution in [-0.4, -0.2) is 42.6 Å². The molecule has 0 atom stereocenters. The van der Waals surface area contributed by atoms with Crippen molar-refractivity contribution in [2.75, 3.05) is 26.7 Å². The van der Waals surface area contributed by atoms with E-state index in [1.807, 2.05) is 7.05 Å². The van der Waals surface area contributed by atoms with Gasteiger partial charge in [0.15, 0.2) is 0 Å². The van der Waals surface area contributed by atoms with Crippen LogP contribution in [0.4, 0.5) is 0 Å². The van der Waals surface area contributed by atoms with Gasteiger partial charge in [-0.2, -0.15) is 0 Å². The van der Waals surface area contributed by atoms with E-state index in [4.69, 9.17) is 0 Å². The number of aromatic hydroxyl groups is 1. The predicted octanol–water partition coefficient (Wildman–Crippen LogP) is 1.38. The summed E-state index contributed by atoms with van der Waals surface area (Å²) in [7, 11) is 2.00. The number of hydrogen-bond acceptors (Lipinski definition) is 3. The lowest BCUT2D eigenvalue weighted by Crippen LogP contribution is -2.32. The number of aryl methyl sites for hydroxylation is 1. The number of carbonyl (C=O) groups is 1. The second-order valence-corrected chi connectivity index (χ2v) is 4.15. The van der Waals surface area contributed by atoms with Gasteiger partial charge in [0.05, 0.1) is 0 Å². The number of amides is 1. The van der Waals surface area contributed by atoms with Gasteiger partial charge in [-0.05, 0) is 38.2 Å². The Morgan fingerprint density at radius 3 is 2.76 bits per heavy atom. The number of phenols is 1. The fourth-order valence-electron chi connectivity index (χ4n) is 1.37. The zero-order chi connectivity index (χ0) is 12.8. The Balaban J connectivity index is 2.50. The molecule has 0 aromatic heterocycles. The van der Waals surface area contributed by atoms with Crippen LogP contribution in [0.5, 0.6) is 5.75 Å². The fourth-order valence-corrected chi connectivity index (χ4v) is 1.37. The van der Waals surface area contributed by atoms with Crippen LogP contribution in [0.25, 0.3) is 0 Å². The molecule has 17 heavy (non-hydrogen) atoms. The normalized spacial score (nSPS) is 10.6. The van der Waals surface area contributed by atoms with E-state index in [2.05, 4.69) is 17.1 Å². The molecule has 1 aromatic rings. The predicted molar refractivity (Wildman–Crippen MR) is 68.3 cm³/mol. The summed E-state index contributed by atoms with van der Waals surface area (Å²) in [6, 6.07) is 4.95. The van der Waals surface area contributed by atoms with E-state index >= 15 is 0 Å². The molecule has 1 rings (SSSR count). The van der Waals surface area contributed by atoms with Gasteiger partial charge < -0.3 is 15.3 Å². The molecule has 4 heteroatoms. The third-order valence-corrected chi connectivity index (χ3v) is 2.79. The van der Waals surface area contributed by atoms with Gasteiger partial charge in [-0.15, -0.1) is 0 Å². The van der Waals surface area contributed by atoms with E-state index in [1.54, 1.807) is 19.1 Å². The molecule has 0 heterocycles. The van der Waals surface area contributed by atoms with Crippen LogP contribution in [-0.2, 0) is 0 Å². The molecule has 0 radical (unpaired) electrons. The van der Waals surface area contributed by atoms with E-state index < -0.39 is 0 Å². The summed E-state index contributed by atoms with van der Waals surface area (Å²) in [5.74, 6) is 0.00753. The largest absolute Gasteiger partial charge is 0.508 e. The Labute approximate surface area is 102 Å². The lowest BCUT2D eigenvalue weighted by molar-refractivity contribution is 0.0949. The maximum absolute atomic E-state index is 11.7. The Morgan fingerprint density at radius 2 is 2.18 bits per heavy atom. The first-order valence-electron chi connectivity index (χ1n) is 5.81. The van der Waals surface area contributed by atoms with Crippen LogP contribution in [0.3, 0.4) is 0 Å². The minimum Gasteiger partial charge on any atom is -0.508 e. The molecular weight excluding hydrogens is 216 g/mol. The molecule has 0 bridgehead atoms. The van der Waals surface area contributed by atoms with E-state index in [9.17, 15) is 9.90 Å². The smallest absolute Gasteiger partial charge is 0.251 e. The number of nitrogens with one attached hydrogen (secondary N) is 1. The zero-order valence-electron chi connectivity index (χ0n) is 10.7. The van der Waals surface area contributed by atoms with Crippen LogP contribution in [0, 0.1) is 6.92 Å². The number of hydrogen-bond donors (Lipinski definition) is 2. The monoisotopic (exact) mass is 236 g/mol. The highest BCUT2D eigenvalue weighted by Gasteiger charge is 2.07. The number of nitrogens with zero attached hydrogens (tertiary/aromatic N) is 1. The highest BCUT2D eigenvalue weighted by Crippen LogP contribution is 2.17. The molecule has 0 aliphatic heterocycles. The summed E-state index contributed by atoms with van der Waals surface area (Å²) < 4.78 is 0. The maximum atomic E-state index is 11.7. The van der Waals surface area contributed by atoms with Gasteiger partial charge >= 0.3 is 0 Å². The number of carbonyl (C=O) groups excluding carboxylic acids is 1. The first kappa shape index (κ1) is 13.5. The van der Waals surface area contributed by atoms with Gasteiger partial charge in [-0.25, -0.2) is 0 Å². The van der Waals surface area contributed by atoms with Crippen molar-refractivity contribution in [1.29, 1.82) is 0 Å². The van der Waals surface area contributed by atoms with Crippen molar-refractivity contribution in [3.05, 3.63) is 29.3 Å². The van der Waals surface area contributed by atoms with Crippen LogP contribution < -0.4 is 5.32 Å². The second kappa shape index (κ2) is 6.25. The highest BCUT2D eigenvalue weighted by molar-refractivity contribution is 5.94. The lowest BCUT2D eigenvalue weighted by Gasteiger charge is -2.14. The van der Waals surface area contributed by atoms with E-state index in [-0.39, 0.29) is 11.7 Å². The molecule has 0 aliphatic rings. The summed E-state index contributed by atoms with van der Waals surface area (Å²) in [4.78, 5) is 13.9. The van der Waals surface area contributed by atoms with Crippen molar-refractivity contribution >= 4 is 5.91 Å². The number of likely N-dealkylation sites (N-methyl/N-ethyl adjacent to an activating group) is 1. The SMILES string of the molecule is CCN(C)CCNC(=O)c1ccc(C)c(O)c1.